The van der Waals surface area contributed by atoms with Crippen molar-refractivity contribution in [3.63, 3.8) is 0 Å². The van der Waals surface area contributed by atoms with Crippen LogP contribution in [0.3, 0.4) is 0 Å². The molecule has 1 saturated carbocycles. The number of ether oxygens (including phenoxy) is 2. The Balaban J connectivity index is 2.19. The van der Waals surface area contributed by atoms with Gasteiger partial charge in [-0.25, -0.2) is 0 Å². The number of alkyl halides is 1. The first kappa shape index (κ1) is 16.0. The number of halogens is 1. The van der Waals surface area contributed by atoms with Gasteiger partial charge in [0.2, 0.25) is 0 Å². The van der Waals surface area contributed by atoms with Crippen molar-refractivity contribution < 1.29 is 14.3 Å². The molecule has 0 unspecified atom stereocenters. The van der Waals surface area contributed by atoms with Crippen molar-refractivity contribution in [2.45, 2.75) is 37.6 Å². The van der Waals surface area contributed by atoms with Gasteiger partial charge in [0.1, 0.15) is 11.5 Å². The molecular formula is C16H22ClNO3. The average molecular weight is 312 g/mol. The van der Waals surface area contributed by atoms with Gasteiger partial charge in [-0.3, -0.25) is 4.79 Å². The van der Waals surface area contributed by atoms with Gasteiger partial charge in [-0.05, 0) is 25.0 Å². The number of amides is 1. The third-order valence-electron chi connectivity index (χ3n) is 4.06. The number of carbonyl (C=O) groups is 1. The van der Waals surface area contributed by atoms with E-state index in [0.717, 1.165) is 25.7 Å². The van der Waals surface area contributed by atoms with Crippen molar-refractivity contribution in [1.82, 2.24) is 5.32 Å². The largest absolute Gasteiger partial charge is 0.497 e. The SMILES string of the molecule is COc1cc(OC)cc(C(=O)NC2(CCl)CCCCC2)c1. The van der Waals surface area contributed by atoms with Gasteiger partial charge in [0.15, 0.2) is 0 Å². The smallest absolute Gasteiger partial charge is 0.252 e. The average Bonchev–Trinajstić information content (AvgIpc) is 2.55. The first-order valence-electron chi connectivity index (χ1n) is 7.24. The standard InChI is InChI=1S/C16H22ClNO3/c1-20-13-8-12(9-14(10-13)21-2)15(19)18-16(11-17)6-4-3-5-7-16/h8-10H,3-7,11H2,1-2H3,(H,18,19). The van der Waals surface area contributed by atoms with E-state index in [-0.39, 0.29) is 11.4 Å². The van der Waals surface area contributed by atoms with E-state index in [1.165, 1.54) is 6.42 Å². The molecule has 1 aromatic rings. The molecule has 5 heteroatoms. The maximum absolute atomic E-state index is 12.5. The predicted molar refractivity (Wildman–Crippen MR) is 83.5 cm³/mol. The summed E-state index contributed by atoms with van der Waals surface area (Å²) in [5.74, 6) is 1.51. The number of benzene rings is 1. The summed E-state index contributed by atoms with van der Waals surface area (Å²) >= 11 is 6.12. The number of carbonyl (C=O) groups excluding carboxylic acids is 1. The lowest BCUT2D eigenvalue weighted by Gasteiger charge is -2.36. The van der Waals surface area contributed by atoms with Gasteiger partial charge in [-0.15, -0.1) is 11.6 Å². The molecule has 0 atom stereocenters. The summed E-state index contributed by atoms with van der Waals surface area (Å²) in [6, 6.07) is 5.17. The minimum atomic E-state index is -0.285. The summed E-state index contributed by atoms with van der Waals surface area (Å²) < 4.78 is 10.4. The molecule has 1 N–H and O–H groups in total. The van der Waals surface area contributed by atoms with Gasteiger partial charge < -0.3 is 14.8 Å². The Morgan fingerprint density at radius 2 is 1.71 bits per heavy atom. The lowest BCUT2D eigenvalue weighted by Crippen LogP contribution is -2.51. The van der Waals surface area contributed by atoms with E-state index < -0.39 is 0 Å². The van der Waals surface area contributed by atoms with Gasteiger partial charge in [0, 0.05) is 17.5 Å². The Labute approximate surface area is 130 Å². The Morgan fingerprint density at radius 3 is 2.19 bits per heavy atom. The fraction of sp³-hybridized carbons (Fsp3) is 0.562. The highest BCUT2D eigenvalue weighted by Gasteiger charge is 2.33. The maximum atomic E-state index is 12.5. The summed E-state index contributed by atoms with van der Waals surface area (Å²) in [6.45, 7) is 0. The van der Waals surface area contributed by atoms with Crippen LogP contribution in [0, 0.1) is 0 Å². The summed E-state index contributed by atoms with van der Waals surface area (Å²) in [4.78, 5) is 12.5. The molecule has 0 bridgehead atoms. The van der Waals surface area contributed by atoms with Crippen LogP contribution in [0.2, 0.25) is 0 Å². The van der Waals surface area contributed by atoms with Crippen molar-refractivity contribution in [1.29, 1.82) is 0 Å². The molecule has 1 aromatic carbocycles. The molecule has 0 radical (unpaired) electrons. The van der Waals surface area contributed by atoms with Crippen LogP contribution in [0.1, 0.15) is 42.5 Å². The first-order valence-corrected chi connectivity index (χ1v) is 7.77. The van der Waals surface area contributed by atoms with Gasteiger partial charge in [0.25, 0.3) is 5.91 Å². The Hall–Kier alpha value is -1.42. The quantitative estimate of drug-likeness (QED) is 0.848. The first-order chi connectivity index (χ1) is 10.1. The maximum Gasteiger partial charge on any atom is 0.252 e. The van der Waals surface area contributed by atoms with Crippen molar-refractivity contribution in [3.05, 3.63) is 23.8 Å². The van der Waals surface area contributed by atoms with Gasteiger partial charge in [-0.2, -0.15) is 0 Å². The Morgan fingerprint density at radius 1 is 1.14 bits per heavy atom. The number of methoxy groups -OCH3 is 2. The second-order valence-electron chi connectivity index (χ2n) is 5.53. The summed E-state index contributed by atoms with van der Waals surface area (Å²) in [5, 5.41) is 3.12. The van der Waals surface area contributed by atoms with Crippen LogP contribution >= 0.6 is 11.6 Å². The molecule has 1 aliphatic rings. The number of rotatable bonds is 5. The lowest BCUT2D eigenvalue weighted by molar-refractivity contribution is 0.0884. The molecule has 0 saturated heterocycles. The van der Waals surface area contributed by atoms with E-state index in [1.54, 1.807) is 32.4 Å². The van der Waals surface area contributed by atoms with Gasteiger partial charge in [-0.1, -0.05) is 19.3 Å². The van der Waals surface area contributed by atoms with Crippen LogP contribution < -0.4 is 14.8 Å². The molecule has 1 amide bonds. The van der Waals surface area contributed by atoms with Crippen LogP contribution in [-0.4, -0.2) is 31.5 Å². The minimum Gasteiger partial charge on any atom is -0.497 e. The molecule has 1 fully saturated rings. The van der Waals surface area contributed by atoms with E-state index in [1.807, 2.05) is 0 Å². The molecule has 0 aliphatic heterocycles. The fourth-order valence-electron chi connectivity index (χ4n) is 2.77. The summed E-state index contributed by atoms with van der Waals surface area (Å²) in [7, 11) is 3.13. The predicted octanol–water partition coefficient (Wildman–Crippen LogP) is 3.38. The molecule has 21 heavy (non-hydrogen) atoms. The van der Waals surface area contributed by atoms with E-state index in [9.17, 15) is 4.79 Å². The molecule has 4 nitrogen and oxygen atoms in total. The van der Waals surface area contributed by atoms with Crippen molar-refractivity contribution in [3.8, 4) is 11.5 Å². The summed E-state index contributed by atoms with van der Waals surface area (Å²) in [5.41, 5.74) is 0.244. The molecule has 0 heterocycles. The highest BCUT2D eigenvalue weighted by atomic mass is 35.5. The van der Waals surface area contributed by atoms with Crippen molar-refractivity contribution >= 4 is 17.5 Å². The minimum absolute atomic E-state index is 0.130. The zero-order chi connectivity index (χ0) is 15.3. The zero-order valence-corrected chi connectivity index (χ0v) is 13.3. The van der Waals surface area contributed by atoms with Crippen LogP contribution in [0.25, 0.3) is 0 Å². The van der Waals surface area contributed by atoms with Gasteiger partial charge in [0.05, 0.1) is 19.8 Å². The molecule has 1 aliphatic carbocycles. The van der Waals surface area contributed by atoms with Crippen LogP contribution in [0.15, 0.2) is 18.2 Å². The van der Waals surface area contributed by atoms with E-state index in [4.69, 9.17) is 21.1 Å². The molecular weight excluding hydrogens is 290 g/mol. The van der Waals surface area contributed by atoms with Crippen LogP contribution in [-0.2, 0) is 0 Å². The molecule has 116 valence electrons. The molecule has 0 spiro atoms. The van der Waals surface area contributed by atoms with E-state index in [2.05, 4.69) is 5.32 Å². The van der Waals surface area contributed by atoms with Crippen molar-refractivity contribution in [2.75, 3.05) is 20.1 Å². The second-order valence-corrected chi connectivity index (χ2v) is 5.80. The van der Waals surface area contributed by atoms with Crippen molar-refractivity contribution in [2.24, 2.45) is 0 Å². The monoisotopic (exact) mass is 311 g/mol. The Kier molecular flexibility index (Phi) is 5.34. The zero-order valence-electron chi connectivity index (χ0n) is 12.6. The number of hydrogen-bond acceptors (Lipinski definition) is 3. The number of nitrogens with one attached hydrogen (secondary N) is 1. The molecule has 2 rings (SSSR count). The van der Waals surface area contributed by atoms with E-state index >= 15 is 0 Å². The fourth-order valence-corrected chi connectivity index (χ4v) is 3.11. The molecule has 0 aromatic heterocycles. The van der Waals surface area contributed by atoms with E-state index in [0.29, 0.717) is 22.9 Å². The Bertz CT molecular complexity index is 476. The number of hydrogen-bond donors (Lipinski definition) is 1. The summed E-state index contributed by atoms with van der Waals surface area (Å²) in [6.07, 6.45) is 5.29. The topological polar surface area (TPSA) is 47.6 Å². The second kappa shape index (κ2) is 7.03. The van der Waals surface area contributed by atoms with Crippen LogP contribution in [0.5, 0.6) is 11.5 Å². The third kappa shape index (κ3) is 3.82. The lowest BCUT2D eigenvalue weighted by atomic mass is 9.83. The normalized spacial score (nSPS) is 17.1. The van der Waals surface area contributed by atoms with Crippen LogP contribution in [0.4, 0.5) is 0 Å². The highest BCUT2D eigenvalue weighted by molar-refractivity contribution is 6.19. The van der Waals surface area contributed by atoms with Gasteiger partial charge >= 0.3 is 0 Å². The third-order valence-corrected chi connectivity index (χ3v) is 4.57. The highest BCUT2D eigenvalue weighted by Crippen LogP contribution is 2.30.